The van der Waals surface area contributed by atoms with E-state index in [-0.39, 0.29) is 4.90 Å². The summed E-state index contributed by atoms with van der Waals surface area (Å²) >= 11 is 0. The second-order valence-electron chi connectivity index (χ2n) is 6.55. The molecule has 0 unspecified atom stereocenters. The van der Waals surface area contributed by atoms with Crippen LogP contribution in [-0.4, -0.2) is 30.4 Å². The van der Waals surface area contributed by atoms with E-state index in [0.29, 0.717) is 25.2 Å². The Morgan fingerprint density at radius 1 is 1.00 bits per heavy atom. The fourth-order valence-electron chi connectivity index (χ4n) is 3.19. The standard InChI is InChI=1S/C22H24N2O2S/c1-4-14-23(15-5-2)17-20-16-19-8-6-7-9-22(19)24(20)27(25,26)21-12-10-18(3)11-13-21/h4-13,16H,1-2,14-15,17H2,3H3. The maximum Gasteiger partial charge on any atom is 0.268 e. The van der Waals surface area contributed by atoms with Gasteiger partial charge in [-0.1, -0.05) is 48.0 Å². The summed E-state index contributed by atoms with van der Waals surface area (Å²) in [5, 5.41) is 0.903. The van der Waals surface area contributed by atoms with Gasteiger partial charge in [-0.2, -0.15) is 0 Å². The van der Waals surface area contributed by atoms with Crippen molar-refractivity contribution in [2.45, 2.75) is 18.4 Å². The minimum absolute atomic E-state index is 0.287. The third-order valence-electron chi connectivity index (χ3n) is 4.46. The van der Waals surface area contributed by atoms with Crippen LogP contribution in [0.4, 0.5) is 0 Å². The van der Waals surface area contributed by atoms with E-state index in [4.69, 9.17) is 0 Å². The summed E-state index contributed by atoms with van der Waals surface area (Å²) in [5.74, 6) is 0. The molecule has 0 saturated heterocycles. The number of fused-ring (bicyclic) bond motifs is 1. The Bertz CT molecular complexity index is 1050. The smallest absolute Gasteiger partial charge is 0.268 e. The van der Waals surface area contributed by atoms with Crippen LogP contribution in [0.1, 0.15) is 11.3 Å². The third kappa shape index (κ3) is 3.89. The molecule has 140 valence electrons. The molecule has 0 radical (unpaired) electrons. The summed E-state index contributed by atoms with van der Waals surface area (Å²) < 4.78 is 28.3. The van der Waals surface area contributed by atoms with Crippen molar-refractivity contribution < 1.29 is 8.42 Å². The van der Waals surface area contributed by atoms with E-state index in [0.717, 1.165) is 16.6 Å². The van der Waals surface area contributed by atoms with Crippen LogP contribution in [0, 0.1) is 6.92 Å². The van der Waals surface area contributed by atoms with E-state index < -0.39 is 10.0 Å². The lowest BCUT2D eigenvalue weighted by molar-refractivity contribution is 0.323. The van der Waals surface area contributed by atoms with Crippen molar-refractivity contribution in [1.29, 1.82) is 0 Å². The molecule has 0 aliphatic carbocycles. The molecule has 0 spiro atoms. The highest BCUT2D eigenvalue weighted by atomic mass is 32.2. The molecule has 0 saturated carbocycles. The first-order valence-electron chi connectivity index (χ1n) is 8.83. The Kier molecular flexibility index (Phi) is 5.63. The maximum atomic E-state index is 13.4. The summed E-state index contributed by atoms with van der Waals surface area (Å²) in [4.78, 5) is 2.38. The fourth-order valence-corrected chi connectivity index (χ4v) is 4.73. The summed E-state index contributed by atoms with van der Waals surface area (Å²) in [5.41, 5.74) is 2.43. The Labute approximate surface area is 161 Å². The van der Waals surface area contributed by atoms with Crippen LogP contribution in [0.5, 0.6) is 0 Å². The molecule has 3 rings (SSSR count). The Hall–Kier alpha value is -2.63. The van der Waals surface area contributed by atoms with Crippen molar-refractivity contribution in [2.75, 3.05) is 13.1 Å². The lowest BCUT2D eigenvalue weighted by Crippen LogP contribution is -2.26. The number of aromatic nitrogens is 1. The van der Waals surface area contributed by atoms with Gasteiger partial charge in [0.15, 0.2) is 0 Å². The number of hydrogen-bond acceptors (Lipinski definition) is 3. The number of rotatable bonds is 8. The van der Waals surface area contributed by atoms with E-state index in [1.54, 1.807) is 12.1 Å². The van der Waals surface area contributed by atoms with Crippen molar-refractivity contribution in [2.24, 2.45) is 0 Å². The summed E-state index contributed by atoms with van der Waals surface area (Å²) in [6.45, 7) is 11.3. The predicted octanol–water partition coefficient (Wildman–Crippen LogP) is 4.36. The normalized spacial score (nSPS) is 11.8. The van der Waals surface area contributed by atoms with Gasteiger partial charge in [0, 0.05) is 30.7 Å². The maximum absolute atomic E-state index is 13.4. The predicted molar refractivity (Wildman–Crippen MR) is 111 cm³/mol. The molecule has 0 aliphatic heterocycles. The van der Waals surface area contributed by atoms with Gasteiger partial charge in [0.1, 0.15) is 0 Å². The zero-order chi connectivity index (χ0) is 19.4. The molecular weight excluding hydrogens is 356 g/mol. The van der Waals surface area contributed by atoms with Gasteiger partial charge in [-0.25, -0.2) is 12.4 Å². The lowest BCUT2D eigenvalue weighted by atomic mass is 10.2. The van der Waals surface area contributed by atoms with Crippen molar-refractivity contribution >= 4 is 20.9 Å². The van der Waals surface area contributed by atoms with E-state index in [9.17, 15) is 8.42 Å². The van der Waals surface area contributed by atoms with Crippen LogP contribution in [-0.2, 0) is 16.6 Å². The zero-order valence-electron chi connectivity index (χ0n) is 15.5. The van der Waals surface area contributed by atoms with Crippen molar-refractivity contribution in [1.82, 2.24) is 8.87 Å². The quantitative estimate of drug-likeness (QED) is 0.545. The Morgan fingerprint density at radius 3 is 2.26 bits per heavy atom. The average Bonchev–Trinajstić information content (AvgIpc) is 3.01. The number of aryl methyl sites for hydroxylation is 1. The minimum Gasteiger partial charge on any atom is -0.290 e. The average molecular weight is 381 g/mol. The Morgan fingerprint density at radius 2 is 1.63 bits per heavy atom. The van der Waals surface area contributed by atoms with Gasteiger partial charge in [-0.15, -0.1) is 13.2 Å². The monoisotopic (exact) mass is 380 g/mol. The number of benzene rings is 2. The molecule has 0 fully saturated rings. The third-order valence-corrected chi connectivity index (χ3v) is 6.24. The summed E-state index contributed by atoms with van der Waals surface area (Å²) in [7, 11) is -3.71. The van der Waals surface area contributed by atoms with Gasteiger partial charge in [0.25, 0.3) is 10.0 Å². The van der Waals surface area contributed by atoms with Crippen molar-refractivity contribution in [3.05, 3.63) is 91.2 Å². The van der Waals surface area contributed by atoms with Crippen LogP contribution in [0.15, 0.2) is 84.8 Å². The molecule has 0 atom stereocenters. The van der Waals surface area contributed by atoms with Crippen LogP contribution < -0.4 is 0 Å². The molecule has 5 heteroatoms. The first-order valence-corrected chi connectivity index (χ1v) is 10.3. The van der Waals surface area contributed by atoms with Gasteiger partial charge >= 0.3 is 0 Å². The van der Waals surface area contributed by atoms with Crippen molar-refractivity contribution in [3.63, 3.8) is 0 Å². The summed E-state index contributed by atoms with van der Waals surface area (Å²) in [6, 6.07) is 16.5. The van der Waals surface area contributed by atoms with E-state index in [1.165, 1.54) is 3.97 Å². The molecule has 0 aliphatic rings. The van der Waals surface area contributed by atoms with Crippen molar-refractivity contribution in [3.8, 4) is 0 Å². The summed E-state index contributed by atoms with van der Waals surface area (Å²) in [6.07, 6.45) is 3.62. The fraction of sp³-hybridized carbons (Fsp3) is 0.182. The second kappa shape index (κ2) is 7.94. The van der Waals surface area contributed by atoms with E-state index in [1.807, 2.05) is 61.5 Å². The van der Waals surface area contributed by atoms with Gasteiger partial charge in [0.05, 0.1) is 10.4 Å². The highest BCUT2D eigenvalue weighted by molar-refractivity contribution is 7.90. The lowest BCUT2D eigenvalue weighted by Gasteiger charge is -2.20. The second-order valence-corrected chi connectivity index (χ2v) is 8.34. The molecule has 3 aromatic rings. The molecule has 1 aromatic heterocycles. The molecule has 0 N–H and O–H groups in total. The van der Waals surface area contributed by atoms with Gasteiger partial charge in [-0.05, 0) is 31.2 Å². The molecular formula is C22H24N2O2S. The molecule has 27 heavy (non-hydrogen) atoms. The van der Waals surface area contributed by atoms with Crippen LogP contribution in [0.2, 0.25) is 0 Å². The molecule has 4 nitrogen and oxygen atoms in total. The SMILES string of the molecule is C=CCN(CC=C)Cc1cc2ccccc2n1S(=O)(=O)c1ccc(C)cc1. The topological polar surface area (TPSA) is 42.3 Å². The zero-order valence-corrected chi connectivity index (χ0v) is 16.3. The number of hydrogen-bond donors (Lipinski definition) is 0. The van der Waals surface area contributed by atoms with Crippen LogP contribution >= 0.6 is 0 Å². The highest BCUT2D eigenvalue weighted by Gasteiger charge is 2.23. The highest BCUT2D eigenvalue weighted by Crippen LogP contribution is 2.27. The molecule has 1 heterocycles. The largest absolute Gasteiger partial charge is 0.290 e. The first-order chi connectivity index (χ1) is 13.0. The van der Waals surface area contributed by atoms with Crippen LogP contribution in [0.3, 0.4) is 0 Å². The van der Waals surface area contributed by atoms with E-state index >= 15 is 0 Å². The Balaban J connectivity index is 2.16. The van der Waals surface area contributed by atoms with Gasteiger partial charge in [-0.3, -0.25) is 4.90 Å². The first kappa shape index (κ1) is 19.1. The van der Waals surface area contributed by atoms with Gasteiger partial charge < -0.3 is 0 Å². The number of nitrogens with zero attached hydrogens (tertiary/aromatic N) is 2. The minimum atomic E-state index is -3.71. The number of para-hydroxylation sites is 1. The molecule has 2 aromatic carbocycles. The van der Waals surface area contributed by atoms with E-state index in [2.05, 4.69) is 18.1 Å². The van der Waals surface area contributed by atoms with Crippen LogP contribution in [0.25, 0.3) is 10.9 Å². The van der Waals surface area contributed by atoms with Gasteiger partial charge in [0.2, 0.25) is 0 Å². The molecule has 0 bridgehead atoms. The molecule has 0 amide bonds.